The lowest BCUT2D eigenvalue weighted by Gasteiger charge is -2.20. The van der Waals surface area contributed by atoms with Crippen LogP contribution in [0.2, 0.25) is 0 Å². The van der Waals surface area contributed by atoms with E-state index in [2.05, 4.69) is 37.3 Å². The molecule has 0 bridgehead atoms. The molecule has 3 rings (SSSR count). The monoisotopic (exact) mass is 244 g/mol. The Labute approximate surface area is 103 Å². The third-order valence-corrected chi connectivity index (χ3v) is 2.94. The third-order valence-electron chi connectivity index (χ3n) is 2.94. The maximum Gasteiger partial charge on any atom is 0.297 e. The maximum absolute atomic E-state index is 11.8. The number of rotatable bonds is 2. The number of H-pyrrole nitrogens is 1. The van der Waals surface area contributed by atoms with Gasteiger partial charge in [-0.3, -0.25) is 4.79 Å². The third kappa shape index (κ3) is 1.95. The largest absolute Gasteiger partial charge is 0.319 e. The first-order valence-electron chi connectivity index (χ1n) is 5.71. The lowest BCUT2D eigenvalue weighted by Crippen LogP contribution is -2.25. The van der Waals surface area contributed by atoms with Crippen molar-refractivity contribution in [3.63, 3.8) is 0 Å². The van der Waals surface area contributed by atoms with Crippen LogP contribution >= 0.6 is 0 Å². The van der Waals surface area contributed by atoms with E-state index in [1.165, 1.54) is 11.1 Å². The van der Waals surface area contributed by atoms with Gasteiger partial charge >= 0.3 is 0 Å². The van der Waals surface area contributed by atoms with Gasteiger partial charge in [0.25, 0.3) is 11.7 Å². The van der Waals surface area contributed by atoms with Gasteiger partial charge in [0, 0.05) is 12.2 Å². The normalized spacial score (nSPS) is 14.0. The number of nitrogens with one attached hydrogen (secondary N) is 3. The second-order valence-corrected chi connectivity index (χ2v) is 4.06. The Hall–Kier alpha value is -2.28. The average Bonchev–Trinajstić information content (AvgIpc) is 2.93. The second-order valence-electron chi connectivity index (χ2n) is 4.06. The molecule has 2 heterocycles. The van der Waals surface area contributed by atoms with Gasteiger partial charge in [-0.15, -0.1) is 10.2 Å². The molecule has 0 fully saturated rings. The molecule has 7 nitrogen and oxygen atoms in total. The van der Waals surface area contributed by atoms with Crippen LogP contribution < -0.4 is 10.6 Å². The lowest BCUT2D eigenvalue weighted by atomic mass is 9.99. The molecule has 92 valence electrons. The highest BCUT2D eigenvalue weighted by molar-refractivity contribution is 6.01. The summed E-state index contributed by atoms with van der Waals surface area (Å²) in [7, 11) is 0. The van der Waals surface area contributed by atoms with Gasteiger partial charge in [-0.05, 0) is 35.4 Å². The highest BCUT2D eigenvalue weighted by Gasteiger charge is 2.16. The van der Waals surface area contributed by atoms with Gasteiger partial charge in [-0.25, -0.2) is 0 Å². The molecular weight excluding hydrogens is 232 g/mol. The molecule has 18 heavy (non-hydrogen) atoms. The Kier molecular flexibility index (Phi) is 2.73. The molecule has 0 saturated heterocycles. The van der Waals surface area contributed by atoms with Crippen LogP contribution in [0.3, 0.4) is 0 Å². The summed E-state index contributed by atoms with van der Waals surface area (Å²) in [6, 6.07) is 5.88. The van der Waals surface area contributed by atoms with E-state index in [9.17, 15) is 4.79 Å². The highest BCUT2D eigenvalue weighted by atomic mass is 16.2. The molecule has 1 aliphatic rings. The molecule has 0 radical (unpaired) electrons. The van der Waals surface area contributed by atoms with Crippen molar-refractivity contribution in [2.24, 2.45) is 0 Å². The fraction of sp³-hybridized carbons (Fsp3) is 0.273. The molecule has 7 heteroatoms. The number of carbonyl (C=O) groups is 1. The summed E-state index contributed by atoms with van der Waals surface area (Å²) in [6.07, 6.45) is 0.901. The molecule has 3 N–H and O–H groups in total. The van der Waals surface area contributed by atoms with Crippen LogP contribution in [-0.2, 0) is 13.0 Å². The highest BCUT2D eigenvalue weighted by Crippen LogP contribution is 2.23. The minimum absolute atomic E-state index is 0.0431. The zero-order chi connectivity index (χ0) is 12.4. The smallest absolute Gasteiger partial charge is 0.297 e. The zero-order valence-electron chi connectivity index (χ0n) is 9.60. The van der Waals surface area contributed by atoms with Crippen molar-refractivity contribution in [2.75, 3.05) is 11.9 Å². The Morgan fingerprint density at radius 1 is 1.39 bits per heavy atom. The van der Waals surface area contributed by atoms with Crippen LogP contribution in [0.1, 0.15) is 21.7 Å². The van der Waals surface area contributed by atoms with Crippen LogP contribution in [-0.4, -0.2) is 33.1 Å². The van der Waals surface area contributed by atoms with Crippen molar-refractivity contribution in [3.05, 3.63) is 35.2 Å². The number of hydrogen-bond donors (Lipinski definition) is 3. The van der Waals surface area contributed by atoms with Crippen molar-refractivity contribution in [1.29, 1.82) is 0 Å². The molecule has 1 aromatic heterocycles. The van der Waals surface area contributed by atoms with Crippen molar-refractivity contribution in [3.8, 4) is 0 Å². The zero-order valence-corrected chi connectivity index (χ0v) is 9.60. The van der Waals surface area contributed by atoms with Crippen molar-refractivity contribution < 1.29 is 4.79 Å². The number of amides is 1. The Morgan fingerprint density at radius 2 is 2.33 bits per heavy atom. The first kappa shape index (κ1) is 10.8. The first-order chi connectivity index (χ1) is 8.84. The predicted octanol–water partition coefficient (Wildman–Crippen LogP) is 0.0977. The summed E-state index contributed by atoms with van der Waals surface area (Å²) >= 11 is 0. The topological polar surface area (TPSA) is 95.6 Å². The number of anilines is 1. The van der Waals surface area contributed by atoms with Crippen LogP contribution in [0.15, 0.2) is 18.2 Å². The molecule has 0 unspecified atom stereocenters. The molecule has 0 spiro atoms. The van der Waals surface area contributed by atoms with E-state index in [0.29, 0.717) is 0 Å². The minimum atomic E-state index is -0.351. The summed E-state index contributed by atoms with van der Waals surface area (Å²) < 4.78 is 0. The summed E-state index contributed by atoms with van der Waals surface area (Å²) in [5, 5.41) is 19.0. The number of fused-ring (bicyclic) bond motifs is 1. The molecule has 1 amide bonds. The minimum Gasteiger partial charge on any atom is -0.319 e. The Morgan fingerprint density at radius 3 is 3.17 bits per heavy atom. The van der Waals surface area contributed by atoms with E-state index in [4.69, 9.17) is 0 Å². The van der Waals surface area contributed by atoms with Crippen LogP contribution in [0.5, 0.6) is 0 Å². The van der Waals surface area contributed by atoms with Crippen molar-refractivity contribution >= 4 is 11.6 Å². The molecule has 1 aliphatic heterocycles. The number of aromatic nitrogens is 4. The van der Waals surface area contributed by atoms with Crippen LogP contribution in [0.25, 0.3) is 0 Å². The number of hydrogen-bond acceptors (Lipinski definition) is 5. The van der Waals surface area contributed by atoms with Gasteiger partial charge in [0.2, 0.25) is 0 Å². The van der Waals surface area contributed by atoms with E-state index in [1.807, 2.05) is 12.1 Å². The van der Waals surface area contributed by atoms with Gasteiger partial charge in [0.15, 0.2) is 0 Å². The molecule has 1 aromatic carbocycles. The average molecular weight is 244 g/mol. The van der Waals surface area contributed by atoms with E-state index in [-0.39, 0.29) is 11.7 Å². The first-order valence-corrected chi connectivity index (χ1v) is 5.71. The molecule has 2 aromatic rings. The fourth-order valence-corrected chi connectivity index (χ4v) is 2.09. The summed E-state index contributed by atoms with van der Waals surface area (Å²) in [4.78, 5) is 11.8. The van der Waals surface area contributed by atoms with Crippen LogP contribution in [0.4, 0.5) is 5.69 Å². The molecular formula is C11H12N6O. The maximum atomic E-state index is 11.8. The quantitative estimate of drug-likeness (QED) is 0.696. The summed E-state index contributed by atoms with van der Waals surface area (Å²) in [6.45, 7) is 1.75. The number of nitrogens with zero attached hydrogens (tertiary/aromatic N) is 3. The van der Waals surface area contributed by atoms with Gasteiger partial charge < -0.3 is 10.6 Å². The molecule has 0 atom stereocenters. The van der Waals surface area contributed by atoms with Gasteiger partial charge in [0.1, 0.15) is 0 Å². The number of carbonyl (C=O) groups excluding carboxylic acids is 1. The lowest BCUT2D eigenvalue weighted by molar-refractivity contribution is 0.101. The Bertz CT molecular complexity index is 565. The molecule has 0 saturated carbocycles. The van der Waals surface area contributed by atoms with Crippen molar-refractivity contribution in [1.82, 2.24) is 25.9 Å². The van der Waals surface area contributed by atoms with Gasteiger partial charge in [-0.2, -0.15) is 5.21 Å². The summed E-state index contributed by atoms with van der Waals surface area (Å²) in [5.41, 5.74) is 3.21. The number of tetrazole rings is 1. The van der Waals surface area contributed by atoms with Crippen molar-refractivity contribution in [2.45, 2.75) is 13.0 Å². The second kappa shape index (κ2) is 4.53. The Balaban J connectivity index is 1.87. The van der Waals surface area contributed by atoms with E-state index in [1.54, 1.807) is 0 Å². The van der Waals surface area contributed by atoms with E-state index in [0.717, 1.165) is 25.2 Å². The fourth-order valence-electron chi connectivity index (χ4n) is 2.09. The summed E-state index contributed by atoms with van der Waals surface area (Å²) in [5.74, 6) is -0.308. The van der Waals surface area contributed by atoms with E-state index >= 15 is 0 Å². The number of benzene rings is 1. The van der Waals surface area contributed by atoms with Gasteiger partial charge in [0.05, 0.1) is 0 Å². The predicted molar refractivity (Wildman–Crippen MR) is 64.0 cm³/mol. The number of aromatic amines is 1. The standard InChI is InChI=1S/C11H12N6O/c18-11(10-14-16-17-15-10)13-9-3-1-2-7-6-12-5-4-8(7)9/h1-3,12H,4-6H2,(H,13,18)(H,14,15,16,17). The molecule has 0 aliphatic carbocycles. The van der Waals surface area contributed by atoms with Crippen LogP contribution in [0, 0.1) is 0 Å². The SMILES string of the molecule is O=C(Nc1cccc2c1CCNC2)c1nn[nH]n1. The van der Waals surface area contributed by atoms with Gasteiger partial charge in [-0.1, -0.05) is 12.1 Å². The van der Waals surface area contributed by atoms with E-state index < -0.39 is 0 Å².